The Hall–Kier alpha value is 0.350. The molecule has 0 bridgehead atoms. The molecule has 0 aromatic rings. The molecule has 0 radical (unpaired) electrons. The summed E-state index contributed by atoms with van der Waals surface area (Å²) in [6, 6.07) is 0. The van der Waals surface area contributed by atoms with E-state index in [-0.39, 0.29) is 0 Å². The van der Waals surface area contributed by atoms with Crippen LogP contribution in [-0.4, -0.2) is 10.5 Å². The summed E-state index contributed by atoms with van der Waals surface area (Å²) in [5.41, 5.74) is 0. The van der Waals surface area contributed by atoms with Crippen LogP contribution in [0.5, 0.6) is 0 Å². The van der Waals surface area contributed by atoms with Crippen molar-refractivity contribution in [3.63, 3.8) is 0 Å². The highest BCUT2D eigenvalue weighted by Gasteiger charge is 2.16. The second-order valence-corrected chi connectivity index (χ2v) is 4.65. The van der Waals surface area contributed by atoms with Gasteiger partial charge in [0.2, 0.25) is 0 Å². The molecule has 54 valence electrons. The summed E-state index contributed by atoms with van der Waals surface area (Å²) in [4.78, 5) is 0. The van der Waals surface area contributed by atoms with Gasteiger partial charge in [-0.15, -0.1) is 0 Å². The van der Waals surface area contributed by atoms with Crippen LogP contribution in [0.25, 0.3) is 0 Å². The highest BCUT2D eigenvalue weighted by atomic mass is 32.2. The molecule has 0 aromatic heterocycles. The van der Waals surface area contributed by atoms with Crippen LogP contribution in [0.4, 0.5) is 0 Å². The maximum Gasteiger partial charge on any atom is 0.00471 e. The molecular formula is C8H16S. The maximum absolute atomic E-state index is 2.35. The van der Waals surface area contributed by atoms with Crippen LogP contribution in [0.15, 0.2) is 0 Å². The lowest BCUT2D eigenvalue weighted by molar-refractivity contribution is 0.610. The fourth-order valence-electron chi connectivity index (χ4n) is 1.40. The molecule has 0 amide bonds. The Bertz CT molecular complexity index is 80.6. The average molecular weight is 144 g/mol. The minimum Gasteiger partial charge on any atom is -0.155 e. The molecule has 1 heterocycles. The summed E-state index contributed by atoms with van der Waals surface area (Å²) in [7, 11) is 0. The molecule has 9 heavy (non-hydrogen) atoms. The van der Waals surface area contributed by atoms with Crippen LogP contribution in [0.3, 0.4) is 0 Å². The van der Waals surface area contributed by atoms with E-state index < -0.39 is 0 Å². The number of hydrogen-bond acceptors (Lipinski definition) is 1. The van der Waals surface area contributed by atoms with E-state index in [0.29, 0.717) is 0 Å². The third-order valence-corrected chi connectivity index (χ3v) is 3.67. The van der Waals surface area contributed by atoms with E-state index in [0.717, 1.165) is 10.5 Å². The van der Waals surface area contributed by atoms with E-state index in [1.165, 1.54) is 25.7 Å². The fraction of sp³-hybridized carbons (Fsp3) is 1.00. The summed E-state index contributed by atoms with van der Waals surface area (Å²) in [6.45, 7) is 4.65. The Kier molecular flexibility index (Phi) is 2.90. The van der Waals surface area contributed by atoms with Gasteiger partial charge in [-0.25, -0.2) is 0 Å². The maximum atomic E-state index is 2.35. The van der Waals surface area contributed by atoms with Crippen molar-refractivity contribution in [1.29, 1.82) is 0 Å². The highest BCUT2D eigenvalue weighted by molar-refractivity contribution is 8.00. The Morgan fingerprint density at radius 1 is 1.44 bits per heavy atom. The van der Waals surface area contributed by atoms with Crippen LogP contribution in [-0.2, 0) is 0 Å². The second kappa shape index (κ2) is 3.50. The quantitative estimate of drug-likeness (QED) is 0.545. The summed E-state index contributed by atoms with van der Waals surface area (Å²) in [5, 5.41) is 1.91. The molecule has 1 heteroatoms. The zero-order valence-corrected chi connectivity index (χ0v) is 7.21. The molecule has 0 N–H and O–H groups in total. The first-order valence-electron chi connectivity index (χ1n) is 3.98. The molecule has 0 saturated carbocycles. The number of hydrogen-bond donors (Lipinski definition) is 0. The van der Waals surface area contributed by atoms with Crippen LogP contribution in [0.2, 0.25) is 0 Å². The van der Waals surface area contributed by atoms with Crippen molar-refractivity contribution in [2.24, 2.45) is 0 Å². The lowest BCUT2D eigenvalue weighted by atomic mass is 10.1. The molecule has 1 rings (SSSR count). The van der Waals surface area contributed by atoms with Gasteiger partial charge < -0.3 is 0 Å². The molecule has 0 nitrogen and oxygen atoms in total. The van der Waals surface area contributed by atoms with Gasteiger partial charge in [0, 0.05) is 10.5 Å². The van der Waals surface area contributed by atoms with E-state index >= 15 is 0 Å². The van der Waals surface area contributed by atoms with Crippen LogP contribution in [0.1, 0.15) is 39.5 Å². The lowest BCUT2D eigenvalue weighted by Crippen LogP contribution is -2.13. The highest BCUT2D eigenvalue weighted by Crippen LogP contribution is 2.32. The molecule has 1 aliphatic heterocycles. The van der Waals surface area contributed by atoms with Gasteiger partial charge in [-0.3, -0.25) is 0 Å². The molecule has 1 aliphatic rings. The Morgan fingerprint density at radius 2 is 2.22 bits per heavy atom. The van der Waals surface area contributed by atoms with Crippen molar-refractivity contribution in [1.82, 2.24) is 0 Å². The van der Waals surface area contributed by atoms with Gasteiger partial charge in [0.15, 0.2) is 0 Å². The summed E-state index contributed by atoms with van der Waals surface area (Å²) in [5.74, 6) is 0. The summed E-state index contributed by atoms with van der Waals surface area (Å²) in [6.07, 6.45) is 5.74. The largest absolute Gasteiger partial charge is 0.155 e. The lowest BCUT2D eigenvalue weighted by Gasteiger charge is -2.24. The minimum atomic E-state index is 0.934. The smallest absolute Gasteiger partial charge is 0.00471 e. The van der Waals surface area contributed by atoms with Crippen molar-refractivity contribution in [2.45, 2.75) is 50.0 Å². The molecule has 0 aromatic carbocycles. The Balaban J connectivity index is 2.23. The standard InChI is InChI=1S/C8H16S/c1-3-8-6-4-5-7(2)9-8/h7-8H,3-6H2,1-2H3/t7-,8?/m0/s1. The zero-order valence-electron chi connectivity index (χ0n) is 6.39. The molecule has 0 spiro atoms. The second-order valence-electron chi connectivity index (χ2n) is 2.91. The van der Waals surface area contributed by atoms with E-state index in [2.05, 4.69) is 25.6 Å². The number of thioether (sulfide) groups is 1. The van der Waals surface area contributed by atoms with Gasteiger partial charge in [0.25, 0.3) is 0 Å². The van der Waals surface area contributed by atoms with Gasteiger partial charge in [0.1, 0.15) is 0 Å². The van der Waals surface area contributed by atoms with Gasteiger partial charge in [-0.2, -0.15) is 11.8 Å². The normalized spacial score (nSPS) is 36.7. The molecule has 1 unspecified atom stereocenters. The average Bonchev–Trinajstić information content (AvgIpc) is 1.88. The predicted octanol–water partition coefficient (Wildman–Crippen LogP) is 3.07. The van der Waals surface area contributed by atoms with Gasteiger partial charge >= 0.3 is 0 Å². The predicted molar refractivity (Wildman–Crippen MR) is 45.0 cm³/mol. The Labute approximate surface area is 62.4 Å². The molecular weight excluding hydrogens is 128 g/mol. The van der Waals surface area contributed by atoms with Crippen LogP contribution < -0.4 is 0 Å². The van der Waals surface area contributed by atoms with Crippen molar-refractivity contribution < 1.29 is 0 Å². The summed E-state index contributed by atoms with van der Waals surface area (Å²) >= 11 is 2.19. The van der Waals surface area contributed by atoms with E-state index in [1.54, 1.807) is 0 Å². The summed E-state index contributed by atoms with van der Waals surface area (Å²) < 4.78 is 0. The van der Waals surface area contributed by atoms with Gasteiger partial charge in [-0.1, -0.05) is 20.3 Å². The van der Waals surface area contributed by atoms with Crippen LogP contribution >= 0.6 is 11.8 Å². The van der Waals surface area contributed by atoms with E-state index in [1.807, 2.05) is 0 Å². The van der Waals surface area contributed by atoms with Crippen LogP contribution in [0, 0.1) is 0 Å². The van der Waals surface area contributed by atoms with Gasteiger partial charge in [0.05, 0.1) is 0 Å². The van der Waals surface area contributed by atoms with Crippen molar-refractivity contribution in [2.75, 3.05) is 0 Å². The van der Waals surface area contributed by atoms with Crippen molar-refractivity contribution in [3.8, 4) is 0 Å². The molecule has 1 saturated heterocycles. The Morgan fingerprint density at radius 3 is 2.67 bits per heavy atom. The third-order valence-electron chi connectivity index (χ3n) is 2.02. The van der Waals surface area contributed by atoms with Crippen molar-refractivity contribution in [3.05, 3.63) is 0 Å². The van der Waals surface area contributed by atoms with E-state index in [4.69, 9.17) is 0 Å². The SMILES string of the molecule is CCC1CCC[C@H](C)S1. The van der Waals surface area contributed by atoms with Gasteiger partial charge in [-0.05, 0) is 19.3 Å². The zero-order chi connectivity index (χ0) is 6.69. The topological polar surface area (TPSA) is 0 Å². The molecule has 0 aliphatic carbocycles. The number of rotatable bonds is 1. The first-order chi connectivity index (χ1) is 4.33. The first kappa shape index (κ1) is 7.46. The third kappa shape index (κ3) is 2.21. The first-order valence-corrected chi connectivity index (χ1v) is 4.92. The molecule has 2 atom stereocenters. The molecule has 1 fully saturated rings. The van der Waals surface area contributed by atoms with Crippen molar-refractivity contribution >= 4 is 11.8 Å². The fourth-order valence-corrected chi connectivity index (χ4v) is 2.85. The minimum absolute atomic E-state index is 0.934. The monoisotopic (exact) mass is 144 g/mol. The van der Waals surface area contributed by atoms with E-state index in [9.17, 15) is 0 Å².